The number of halogens is 1. The highest BCUT2D eigenvalue weighted by Crippen LogP contribution is 2.39. The van der Waals surface area contributed by atoms with Gasteiger partial charge in [0.05, 0.1) is 23.9 Å². The number of nitrogens with zero attached hydrogens (tertiary/aromatic N) is 3. The summed E-state index contributed by atoms with van der Waals surface area (Å²) in [5.41, 5.74) is 2.63. The van der Waals surface area contributed by atoms with E-state index >= 15 is 0 Å². The molecule has 1 aromatic heterocycles. The van der Waals surface area contributed by atoms with Crippen LogP contribution in [-0.2, 0) is 33.8 Å². The van der Waals surface area contributed by atoms with Gasteiger partial charge in [0.15, 0.2) is 8.32 Å². The maximum Gasteiger partial charge on any atom is 0.308 e. The number of carbonyl (C=O) groups is 1. The van der Waals surface area contributed by atoms with Crippen molar-refractivity contribution in [3.63, 3.8) is 0 Å². The molecule has 3 rings (SSSR count). The quantitative estimate of drug-likeness (QED) is 0.265. The summed E-state index contributed by atoms with van der Waals surface area (Å²) in [6.45, 7) is 14.9. The van der Waals surface area contributed by atoms with Crippen molar-refractivity contribution < 1.29 is 22.6 Å². The second-order valence-corrected chi connectivity index (χ2v) is 20.5. The van der Waals surface area contributed by atoms with Crippen LogP contribution < -0.4 is 4.31 Å². The lowest BCUT2D eigenvalue weighted by atomic mass is 9.97. The van der Waals surface area contributed by atoms with Crippen molar-refractivity contribution in [1.29, 1.82) is 0 Å². The molecule has 2 aromatic rings. The van der Waals surface area contributed by atoms with E-state index in [0.717, 1.165) is 0 Å². The Morgan fingerprint density at radius 1 is 1.23 bits per heavy atom. The van der Waals surface area contributed by atoms with E-state index in [1.54, 1.807) is 19.2 Å². The molecular weight excluding hydrogens is 554 g/mol. The predicted octanol–water partition coefficient (Wildman–Crippen LogP) is 6.24. The molecule has 0 bridgehead atoms. The summed E-state index contributed by atoms with van der Waals surface area (Å²) in [4.78, 5) is 22.0. The summed E-state index contributed by atoms with van der Waals surface area (Å²) in [5.74, 6) is -0.459. The average Bonchev–Trinajstić information content (AvgIpc) is 2.80. The van der Waals surface area contributed by atoms with Crippen LogP contribution in [0.1, 0.15) is 64.6 Å². The fraction of sp³-hybridized carbons (Fsp3) is 0.536. The van der Waals surface area contributed by atoms with Gasteiger partial charge >= 0.3 is 5.97 Å². The minimum atomic E-state index is -2.79. The Morgan fingerprint density at radius 3 is 2.38 bits per heavy atom. The van der Waals surface area contributed by atoms with Crippen molar-refractivity contribution in [3.8, 4) is 11.3 Å². The lowest BCUT2D eigenvalue weighted by Gasteiger charge is -2.40. The number of hydrogen-bond donors (Lipinski definition) is 0. The van der Waals surface area contributed by atoms with Crippen LogP contribution in [0.3, 0.4) is 0 Å². The molecule has 2 heterocycles. The first-order valence-corrected chi connectivity index (χ1v) is 18.8. The lowest BCUT2D eigenvalue weighted by Crippen LogP contribution is -2.46. The monoisotopic (exact) mass is 593 g/mol. The van der Waals surface area contributed by atoms with Crippen molar-refractivity contribution >= 4 is 46.2 Å². The summed E-state index contributed by atoms with van der Waals surface area (Å²) in [6, 6.07) is 6.02. The molecule has 11 heteroatoms. The largest absolute Gasteiger partial charge is 0.458 e. The smallest absolute Gasteiger partial charge is 0.308 e. The maximum atomic E-state index is 13.8. The molecule has 214 valence electrons. The Hall–Kier alpha value is -2.21. The Kier molecular flexibility index (Phi) is 9.41. The van der Waals surface area contributed by atoms with Gasteiger partial charge < -0.3 is 9.16 Å². The molecule has 1 fully saturated rings. The third kappa shape index (κ3) is 7.71. The molecule has 1 aliphatic rings. The second-order valence-electron chi connectivity index (χ2n) is 11.9. The molecule has 3 atom stereocenters. The van der Waals surface area contributed by atoms with Gasteiger partial charge in [-0.15, -0.1) is 0 Å². The number of cyclic esters (lactones) is 1. The molecule has 1 aromatic carbocycles. The van der Waals surface area contributed by atoms with E-state index in [0.29, 0.717) is 28.9 Å². The van der Waals surface area contributed by atoms with Crippen LogP contribution in [-0.4, -0.2) is 54.0 Å². The van der Waals surface area contributed by atoms with Gasteiger partial charge in [-0.05, 0) is 54.4 Å². The van der Waals surface area contributed by atoms with Gasteiger partial charge in [-0.2, -0.15) is 0 Å². The highest BCUT2D eigenvalue weighted by molar-refractivity contribution is 8.33. The number of hydrogen-bond acceptors (Lipinski definition) is 7. The Labute approximate surface area is 238 Å². The van der Waals surface area contributed by atoms with Gasteiger partial charge in [-0.1, -0.05) is 40.7 Å². The van der Waals surface area contributed by atoms with Crippen LogP contribution in [0.15, 0.2) is 30.3 Å². The zero-order chi connectivity index (χ0) is 29.3. The molecule has 7 nitrogen and oxygen atoms in total. The van der Waals surface area contributed by atoms with E-state index in [9.17, 15) is 13.4 Å². The molecular formula is C28H40FN3O4S2Si. The van der Waals surface area contributed by atoms with E-state index < -0.39 is 23.1 Å². The topological polar surface area (TPSA) is 81.6 Å². The zero-order valence-electron chi connectivity index (χ0n) is 24.3. The van der Waals surface area contributed by atoms with Gasteiger partial charge in [0.2, 0.25) is 5.95 Å². The number of carbonyl (C=O) groups excluding carboxylic acids is 1. The molecule has 0 spiro atoms. The summed E-state index contributed by atoms with van der Waals surface area (Å²) in [7, 11) is -3.26. The third-order valence-electron chi connectivity index (χ3n) is 7.32. The van der Waals surface area contributed by atoms with Gasteiger partial charge in [0.1, 0.15) is 20.6 Å². The number of esters is 1. The molecule has 0 saturated carbocycles. The Balaban J connectivity index is 2.06. The van der Waals surface area contributed by atoms with E-state index in [4.69, 9.17) is 30.3 Å². The normalized spacial score (nSPS) is 20.2. The Bertz CT molecular complexity index is 1340. The fourth-order valence-electron chi connectivity index (χ4n) is 3.99. The predicted molar refractivity (Wildman–Crippen MR) is 162 cm³/mol. The number of benzene rings is 1. The minimum Gasteiger partial charge on any atom is -0.458 e. The van der Waals surface area contributed by atoms with Crippen LogP contribution in [0.25, 0.3) is 17.3 Å². The summed E-state index contributed by atoms with van der Waals surface area (Å²) < 4.78 is 40.0. The molecule has 0 N–H and O–H groups in total. The van der Waals surface area contributed by atoms with Crippen LogP contribution in [0, 0.1) is 5.82 Å². The van der Waals surface area contributed by atoms with Crippen LogP contribution in [0.2, 0.25) is 18.1 Å². The summed E-state index contributed by atoms with van der Waals surface area (Å²) >= 11 is 5.18. The van der Waals surface area contributed by atoms with Crippen molar-refractivity contribution in [2.24, 2.45) is 0 Å². The van der Waals surface area contributed by atoms with Crippen molar-refractivity contribution in [2.75, 3.05) is 17.6 Å². The molecule has 0 radical (unpaired) electrons. The lowest BCUT2D eigenvalue weighted by molar-refractivity contribution is -0.155. The summed E-state index contributed by atoms with van der Waals surface area (Å²) in [5, 5.41) is 0.0229. The van der Waals surface area contributed by atoms with Gasteiger partial charge in [-0.25, -0.2) is 18.6 Å². The van der Waals surface area contributed by atoms with Crippen LogP contribution in [0.5, 0.6) is 0 Å². The highest BCUT2D eigenvalue weighted by Gasteiger charge is 2.41. The van der Waals surface area contributed by atoms with Crippen molar-refractivity contribution in [3.05, 3.63) is 47.4 Å². The SMILES string of the molecule is CC(C)c1nc(N(C)S(C)(=O)=S)nc(-c2ccc(F)cc2)c1C=C[C@@H]1C[C@@H](O[Si](C)(C)C(C)(C)C)CC(=O)O1. The van der Waals surface area contributed by atoms with Crippen molar-refractivity contribution in [1.82, 2.24) is 9.97 Å². The average molecular weight is 594 g/mol. The number of rotatable bonds is 8. The van der Waals surface area contributed by atoms with E-state index in [1.165, 1.54) is 22.7 Å². The Morgan fingerprint density at radius 2 is 1.85 bits per heavy atom. The second kappa shape index (κ2) is 11.7. The minimum absolute atomic E-state index is 0.0229. The zero-order valence-corrected chi connectivity index (χ0v) is 26.9. The molecule has 1 aliphatic heterocycles. The molecule has 0 aliphatic carbocycles. The molecule has 0 amide bonds. The molecule has 39 heavy (non-hydrogen) atoms. The number of ether oxygens (including phenoxy) is 1. The number of aromatic nitrogens is 2. The van der Waals surface area contributed by atoms with Crippen molar-refractivity contribution in [2.45, 2.75) is 83.7 Å². The van der Waals surface area contributed by atoms with Gasteiger partial charge in [0.25, 0.3) is 0 Å². The maximum absolute atomic E-state index is 13.8. The number of anilines is 1. The van der Waals surface area contributed by atoms with Gasteiger partial charge in [-0.3, -0.25) is 9.10 Å². The van der Waals surface area contributed by atoms with E-state index in [1.807, 2.05) is 26.0 Å². The van der Waals surface area contributed by atoms with E-state index in [2.05, 4.69) is 33.9 Å². The third-order valence-corrected chi connectivity index (χ3v) is 13.7. The highest BCUT2D eigenvalue weighted by atomic mass is 32.8. The fourth-order valence-corrected chi connectivity index (χ4v) is 5.94. The molecule has 1 saturated heterocycles. The van der Waals surface area contributed by atoms with E-state index in [-0.39, 0.29) is 41.2 Å². The first-order valence-electron chi connectivity index (χ1n) is 13.1. The first-order chi connectivity index (χ1) is 17.9. The van der Waals surface area contributed by atoms with Gasteiger partial charge in [0, 0.05) is 42.0 Å². The standard InChI is InChI=1S/C28H40FN3O4S2Si/c1-18(2)25-23(15-14-21-16-22(17-24(33)35-21)36-39(8,9)28(3,4)5)26(19-10-12-20(29)13-11-19)31-27(30-25)32(6)38(7,34)37/h10-15,18,21-22H,16-17H2,1-9H3/t21-,22-,38?/m1/s1. The summed E-state index contributed by atoms with van der Waals surface area (Å²) in [6.07, 6.45) is 5.24. The van der Waals surface area contributed by atoms with Crippen LogP contribution >= 0.6 is 0 Å². The van der Waals surface area contributed by atoms with Crippen LogP contribution in [0.4, 0.5) is 10.3 Å². The molecule has 1 unspecified atom stereocenters. The first kappa shape index (κ1) is 31.3.